The van der Waals surface area contributed by atoms with E-state index in [1.807, 2.05) is 18.3 Å². The topological polar surface area (TPSA) is 27.6 Å². The molecule has 108 valence electrons. The Balaban J connectivity index is 1.59. The second-order valence-electron chi connectivity index (χ2n) is 5.52. The lowest BCUT2D eigenvalue weighted by Crippen LogP contribution is -2.17. The number of hydrogen-bond donors (Lipinski definition) is 1. The summed E-state index contributed by atoms with van der Waals surface area (Å²) in [6, 6.07) is 16.8. The second kappa shape index (κ2) is 6.44. The minimum atomic E-state index is 1.01. The van der Waals surface area contributed by atoms with E-state index in [0.29, 0.717) is 0 Å². The van der Waals surface area contributed by atoms with Crippen LogP contribution in [0.3, 0.4) is 0 Å². The van der Waals surface area contributed by atoms with Gasteiger partial charge in [-0.15, -0.1) is 0 Å². The van der Waals surface area contributed by atoms with Crippen molar-refractivity contribution >= 4 is 17.6 Å². The van der Waals surface area contributed by atoms with Crippen LogP contribution in [0.15, 0.2) is 53.6 Å². The van der Waals surface area contributed by atoms with Crippen LogP contribution in [0.1, 0.15) is 24.0 Å². The number of benzene rings is 2. The van der Waals surface area contributed by atoms with E-state index in [1.54, 1.807) is 0 Å². The molecular formula is C18H21N3. The van der Waals surface area contributed by atoms with Gasteiger partial charge in [-0.3, -0.25) is 5.43 Å². The minimum Gasteiger partial charge on any atom is -0.372 e. The third-order valence-electron chi connectivity index (χ3n) is 3.82. The highest BCUT2D eigenvalue weighted by molar-refractivity contribution is 5.81. The lowest BCUT2D eigenvalue weighted by Gasteiger charge is -2.17. The molecule has 3 rings (SSSR count). The zero-order valence-corrected chi connectivity index (χ0v) is 12.4. The molecule has 0 unspecified atom stereocenters. The summed E-state index contributed by atoms with van der Waals surface area (Å²) in [7, 11) is 0. The van der Waals surface area contributed by atoms with Gasteiger partial charge >= 0.3 is 0 Å². The van der Waals surface area contributed by atoms with Crippen LogP contribution >= 0.6 is 0 Å². The molecule has 21 heavy (non-hydrogen) atoms. The molecule has 3 heteroatoms. The predicted octanol–water partition coefficient (Wildman–Crippen LogP) is 4.04. The molecule has 1 aliphatic heterocycles. The van der Waals surface area contributed by atoms with Crippen LogP contribution < -0.4 is 10.3 Å². The standard InChI is InChI=1S/C18H21N3/c1-15-4-8-17(9-5-15)20-19-14-16-6-10-18(11-7-16)21-12-2-3-13-21/h4-11,14,20H,2-3,12-13H2,1H3. The zero-order valence-electron chi connectivity index (χ0n) is 12.4. The number of aryl methyl sites for hydroxylation is 1. The van der Waals surface area contributed by atoms with Gasteiger partial charge in [0, 0.05) is 18.8 Å². The largest absolute Gasteiger partial charge is 0.372 e. The number of anilines is 2. The third kappa shape index (κ3) is 3.63. The van der Waals surface area contributed by atoms with Crippen LogP contribution in [-0.2, 0) is 0 Å². The van der Waals surface area contributed by atoms with Gasteiger partial charge in [-0.05, 0) is 49.6 Å². The fourth-order valence-corrected chi connectivity index (χ4v) is 2.56. The minimum absolute atomic E-state index is 1.01. The van der Waals surface area contributed by atoms with Gasteiger partial charge in [0.1, 0.15) is 0 Å². The van der Waals surface area contributed by atoms with Crippen molar-refractivity contribution in [2.75, 3.05) is 23.4 Å². The molecule has 0 aromatic heterocycles. The molecule has 0 atom stereocenters. The first kappa shape index (κ1) is 13.7. The molecule has 1 aliphatic rings. The molecule has 3 nitrogen and oxygen atoms in total. The maximum atomic E-state index is 4.28. The van der Waals surface area contributed by atoms with Crippen LogP contribution in [0.2, 0.25) is 0 Å². The van der Waals surface area contributed by atoms with E-state index in [2.05, 4.69) is 58.7 Å². The Hall–Kier alpha value is -2.29. The summed E-state index contributed by atoms with van der Waals surface area (Å²) in [6.07, 6.45) is 4.47. The highest BCUT2D eigenvalue weighted by Gasteiger charge is 2.11. The first-order valence-electron chi connectivity index (χ1n) is 7.52. The Bertz CT molecular complexity index is 593. The van der Waals surface area contributed by atoms with Gasteiger partial charge < -0.3 is 4.90 Å². The molecule has 1 heterocycles. The van der Waals surface area contributed by atoms with E-state index in [4.69, 9.17) is 0 Å². The van der Waals surface area contributed by atoms with E-state index < -0.39 is 0 Å². The summed E-state index contributed by atoms with van der Waals surface area (Å²) in [6.45, 7) is 4.44. The predicted molar refractivity (Wildman–Crippen MR) is 90.3 cm³/mol. The average molecular weight is 279 g/mol. The van der Waals surface area contributed by atoms with E-state index in [1.165, 1.54) is 37.2 Å². The summed E-state index contributed by atoms with van der Waals surface area (Å²) in [5.74, 6) is 0. The molecular weight excluding hydrogens is 258 g/mol. The molecule has 0 amide bonds. The molecule has 0 spiro atoms. The lowest BCUT2D eigenvalue weighted by atomic mass is 10.2. The van der Waals surface area contributed by atoms with Crippen LogP contribution in [0.4, 0.5) is 11.4 Å². The van der Waals surface area contributed by atoms with Crippen molar-refractivity contribution in [2.24, 2.45) is 5.10 Å². The molecule has 1 N–H and O–H groups in total. The molecule has 2 aromatic rings. The SMILES string of the molecule is Cc1ccc(NN=Cc2ccc(N3CCCC3)cc2)cc1. The quantitative estimate of drug-likeness (QED) is 0.675. The Kier molecular flexibility index (Phi) is 4.20. The fourth-order valence-electron chi connectivity index (χ4n) is 2.56. The smallest absolute Gasteiger partial charge is 0.0561 e. The monoisotopic (exact) mass is 279 g/mol. The number of hydrogen-bond acceptors (Lipinski definition) is 3. The zero-order chi connectivity index (χ0) is 14.5. The van der Waals surface area contributed by atoms with Crippen molar-refractivity contribution in [3.63, 3.8) is 0 Å². The molecule has 0 bridgehead atoms. The van der Waals surface area contributed by atoms with Crippen molar-refractivity contribution < 1.29 is 0 Å². The number of hydrazone groups is 1. The summed E-state index contributed by atoms with van der Waals surface area (Å²) in [5.41, 5.74) is 7.73. The van der Waals surface area contributed by atoms with Crippen molar-refractivity contribution in [2.45, 2.75) is 19.8 Å². The molecule has 0 aliphatic carbocycles. The van der Waals surface area contributed by atoms with Crippen molar-refractivity contribution in [1.82, 2.24) is 0 Å². The third-order valence-corrected chi connectivity index (χ3v) is 3.82. The summed E-state index contributed by atoms with van der Waals surface area (Å²) < 4.78 is 0. The van der Waals surface area contributed by atoms with E-state index in [-0.39, 0.29) is 0 Å². The van der Waals surface area contributed by atoms with Gasteiger partial charge in [0.25, 0.3) is 0 Å². The first-order chi connectivity index (χ1) is 10.3. The van der Waals surface area contributed by atoms with Gasteiger partial charge in [-0.1, -0.05) is 29.8 Å². The van der Waals surface area contributed by atoms with E-state index in [9.17, 15) is 0 Å². The Morgan fingerprint density at radius 2 is 1.62 bits per heavy atom. The van der Waals surface area contributed by atoms with Gasteiger partial charge in [0.15, 0.2) is 0 Å². The van der Waals surface area contributed by atoms with Gasteiger partial charge in [0.2, 0.25) is 0 Å². The van der Waals surface area contributed by atoms with Crippen LogP contribution in [0.5, 0.6) is 0 Å². The number of nitrogens with one attached hydrogen (secondary N) is 1. The van der Waals surface area contributed by atoms with Gasteiger partial charge in [-0.25, -0.2) is 0 Å². The summed E-state index contributed by atoms with van der Waals surface area (Å²) in [4.78, 5) is 2.44. The Labute approximate surface area is 126 Å². The van der Waals surface area contributed by atoms with Crippen molar-refractivity contribution in [3.8, 4) is 0 Å². The number of nitrogens with zero attached hydrogens (tertiary/aromatic N) is 2. The molecule has 0 radical (unpaired) electrons. The van der Waals surface area contributed by atoms with Crippen molar-refractivity contribution in [1.29, 1.82) is 0 Å². The summed E-state index contributed by atoms with van der Waals surface area (Å²) >= 11 is 0. The van der Waals surface area contributed by atoms with Crippen molar-refractivity contribution in [3.05, 3.63) is 59.7 Å². The highest BCUT2D eigenvalue weighted by atomic mass is 15.3. The molecule has 1 fully saturated rings. The average Bonchev–Trinajstić information content (AvgIpc) is 3.04. The van der Waals surface area contributed by atoms with Crippen LogP contribution in [0, 0.1) is 6.92 Å². The van der Waals surface area contributed by atoms with E-state index >= 15 is 0 Å². The van der Waals surface area contributed by atoms with Crippen LogP contribution in [0.25, 0.3) is 0 Å². The molecule has 0 saturated carbocycles. The Morgan fingerprint density at radius 3 is 2.29 bits per heavy atom. The summed E-state index contributed by atoms with van der Waals surface area (Å²) in [5, 5.41) is 4.28. The number of rotatable bonds is 4. The fraction of sp³-hybridized carbons (Fsp3) is 0.278. The first-order valence-corrected chi connectivity index (χ1v) is 7.52. The highest BCUT2D eigenvalue weighted by Crippen LogP contribution is 2.20. The normalized spacial score (nSPS) is 14.8. The van der Waals surface area contributed by atoms with Crippen LogP contribution in [-0.4, -0.2) is 19.3 Å². The maximum absolute atomic E-state index is 4.28. The van der Waals surface area contributed by atoms with Gasteiger partial charge in [-0.2, -0.15) is 5.10 Å². The maximum Gasteiger partial charge on any atom is 0.0561 e. The molecule has 2 aromatic carbocycles. The second-order valence-corrected chi connectivity index (χ2v) is 5.52. The molecule has 1 saturated heterocycles. The van der Waals surface area contributed by atoms with Gasteiger partial charge in [0.05, 0.1) is 11.9 Å². The lowest BCUT2D eigenvalue weighted by molar-refractivity contribution is 0.949. The van der Waals surface area contributed by atoms with E-state index in [0.717, 1.165) is 11.3 Å². The Morgan fingerprint density at radius 1 is 0.952 bits per heavy atom.